The van der Waals surface area contributed by atoms with Crippen LogP contribution in [0.15, 0.2) is 48.5 Å². The quantitative estimate of drug-likeness (QED) is 0.0629. The molecule has 0 radical (unpaired) electrons. The zero-order valence-electron chi connectivity index (χ0n) is 42.6. The summed E-state index contributed by atoms with van der Waals surface area (Å²) in [5, 5.41) is 30.4. The molecule has 8 nitrogen and oxygen atoms in total. The number of rotatable bonds is 28. The standard InChI is InChI=1S/C55H96N4O4/c1-13-15-17-19-21-23-33-58(45-35-51(3,4)56-52(5,6)36-45)39-47(60)41-62-49-29-25-43(26-30-49)55(11,12)44-27-31-50(32-28-44)63-42-48(61)40-59(34-24-22-20-18-16-14-2)46-37-53(7,8)57-54(9,10)38-46/h25-32,45-48,56-57,60-61H,13-24,33-42H2,1-12H3. The van der Waals surface area contributed by atoms with E-state index in [0.29, 0.717) is 25.2 Å². The lowest BCUT2D eigenvalue weighted by molar-refractivity contribution is 0.0163. The Balaban J connectivity index is 1.29. The third kappa shape index (κ3) is 18.5. The summed E-state index contributed by atoms with van der Waals surface area (Å²) >= 11 is 0. The Kier molecular flexibility index (Phi) is 20.8. The van der Waals surface area contributed by atoms with Crippen molar-refractivity contribution >= 4 is 0 Å². The van der Waals surface area contributed by atoms with Gasteiger partial charge in [-0.1, -0.05) is 116 Å². The van der Waals surface area contributed by atoms with E-state index in [-0.39, 0.29) is 40.8 Å². The number of nitrogens with zero attached hydrogens (tertiary/aromatic N) is 2. The lowest BCUT2D eigenvalue weighted by Crippen LogP contribution is -2.62. The summed E-state index contributed by atoms with van der Waals surface area (Å²) in [6.45, 7) is 31.4. The number of unbranched alkanes of at least 4 members (excludes halogenated alkanes) is 10. The van der Waals surface area contributed by atoms with Gasteiger partial charge in [0, 0.05) is 52.7 Å². The van der Waals surface area contributed by atoms with Crippen molar-refractivity contribution in [3.8, 4) is 11.5 Å². The molecule has 2 aliphatic rings. The minimum atomic E-state index is -0.567. The van der Waals surface area contributed by atoms with Gasteiger partial charge in [0.2, 0.25) is 0 Å². The molecule has 0 amide bonds. The number of aliphatic hydroxyl groups is 2. The molecule has 63 heavy (non-hydrogen) atoms. The normalized spacial score (nSPS) is 19.9. The van der Waals surface area contributed by atoms with Gasteiger partial charge in [0.05, 0.1) is 0 Å². The Morgan fingerprint density at radius 2 is 0.825 bits per heavy atom. The van der Waals surface area contributed by atoms with Crippen LogP contribution in [0.25, 0.3) is 0 Å². The Bertz CT molecular complexity index is 1420. The van der Waals surface area contributed by atoms with E-state index in [4.69, 9.17) is 9.47 Å². The van der Waals surface area contributed by atoms with Gasteiger partial charge in [0.1, 0.15) is 36.9 Å². The van der Waals surface area contributed by atoms with E-state index in [2.05, 4.69) is 128 Å². The van der Waals surface area contributed by atoms with Crippen LogP contribution in [0.5, 0.6) is 11.5 Å². The topological polar surface area (TPSA) is 89.5 Å². The highest BCUT2D eigenvalue weighted by molar-refractivity contribution is 5.42. The smallest absolute Gasteiger partial charge is 0.119 e. The average molecular weight is 877 g/mol. The van der Waals surface area contributed by atoms with Gasteiger partial charge in [0.25, 0.3) is 0 Å². The van der Waals surface area contributed by atoms with E-state index in [1.165, 1.54) is 88.2 Å². The van der Waals surface area contributed by atoms with Gasteiger partial charge in [-0.25, -0.2) is 0 Å². The largest absolute Gasteiger partial charge is 0.491 e. The molecule has 360 valence electrons. The van der Waals surface area contributed by atoms with Gasteiger partial charge in [-0.15, -0.1) is 0 Å². The van der Waals surface area contributed by atoms with Crippen molar-refractivity contribution in [2.45, 2.75) is 238 Å². The summed E-state index contributed by atoms with van der Waals surface area (Å²) in [6, 6.07) is 17.6. The maximum atomic E-state index is 11.3. The summed E-state index contributed by atoms with van der Waals surface area (Å²) in [6.07, 6.45) is 18.4. The lowest BCUT2D eigenvalue weighted by atomic mass is 9.78. The summed E-state index contributed by atoms with van der Waals surface area (Å²) in [5.41, 5.74) is 2.36. The molecule has 2 unspecified atom stereocenters. The van der Waals surface area contributed by atoms with Gasteiger partial charge in [-0.2, -0.15) is 0 Å². The third-order valence-electron chi connectivity index (χ3n) is 13.9. The molecular formula is C55H96N4O4. The first-order valence-electron chi connectivity index (χ1n) is 25.5. The van der Waals surface area contributed by atoms with E-state index >= 15 is 0 Å². The Hall–Kier alpha value is -2.20. The highest BCUT2D eigenvalue weighted by Crippen LogP contribution is 2.35. The molecule has 0 spiro atoms. The van der Waals surface area contributed by atoms with Crippen molar-refractivity contribution in [3.05, 3.63) is 59.7 Å². The highest BCUT2D eigenvalue weighted by atomic mass is 16.5. The van der Waals surface area contributed by atoms with E-state index in [1.54, 1.807) is 0 Å². The van der Waals surface area contributed by atoms with Crippen LogP contribution in [0.1, 0.15) is 197 Å². The minimum Gasteiger partial charge on any atom is -0.491 e. The fourth-order valence-electron chi connectivity index (χ4n) is 11.2. The molecule has 2 aliphatic heterocycles. The summed E-state index contributed by atoms with van der Waals surface area (Å²) in [7, 11) is 0. The summed E-state index contributed by atoms with van der Waals surface area (Å²) < 4.78 is 12.4. The predicted octanol–water partition coefficient (Wildman–Crippen LogP) is 11.4. The highest BCUT2D eigenvalue weighted by Gasteiger charge is 2.41. The van der Waals surface area contributed by atoms with Crippen molar-refractivity contribution in [2.24, 2.45) is 0 Å². The molecular weight excluding hydrogens is 781 g/mol. The molecule has 0 aromatic heterocycles. The van der Waals surface area contributed by atoms with Crippen LogP contribution < -0.4 is 20.1 Å². The van der Waals surface area contributed by atoms with Gasteiger partial charge in [0.15, 0.2) is 0 Å². The van der Waals surface area contributed by atoms with Gasteiger partial charge >= 0.3 is 0 Å². The van der Waals surface area contributed by atoms with Crippen molar-refractivity contribution in [2.75, 3.05) is 39.4 Å². The monoisotopic (exact) mass is 877 g/mol. The van der Waals surface area contributed by atoms with Gasteiger partial charge < -0.3 is 30.3 Å². The zero-order valence-corrected chi connectivity index (χ0v) is 42.6. The predicted molar refractivity (Wildman–Crippen MR) is 267 cm³/mol. The van der Waals surface area contributed by atoms with Crippen molar-refractivity contribution in [1.82, 2.24) is 20.4 Å². The molecule has 0 bridgehead atoms. The number of aliphatic hydroxyl groups excluding tert-OH is 2. The van der Waals surface area contributed by atoms with E-state index < -0.39 is 12.2 Å². The Labute approximate surface area is 387 Å². The van der Waals surface area contributed by atoms with Crippen LogP contribution in [0.2, 0.25) is 0 Å². The Morgan fingerprint density at radius 1 is 0.524 bits per heavy atom. The Morgan fingerprint density at radius 3 is 1.14 bits per heavy atom. The average Bonchev–Trinajstić information content (AvgIpc) is 3.19. The van der Waals surface area contributed by atoms with Crippen molar-refractivity contribution in [3.63, 3.8) is 0 Å². The minimum absolute atomic E-state index is 0.0555. The third-order valence-corrected chi connectivity index (χ3v) is 13.9. The fraction of sp³-hybridized carbons (Fsp3) is 0.782. The van der Waals surface area contributed by atoms with E-state index in [1.807, 2.05) is 24.3 Å². The number of hydrogen-bond acceptors (Lipinski definition) is 8. The molecule has 8 heteroatoms. The van der Waals surface area contributed by atoms with Crippen LogP contribution in [0, 0.1) is 0 Å². The van der Waals surface area contributed by atoms with Gasteiger partial charge in [-0.3, -0.25) is 9.80 Å². The molecule has 0 saturated carbocycles. The van der Waals surface area contributed by atoms with Crippen LogP contribution in [0.4, 0.5) is 0 Å². The van der Waals surface area contributed by atoms with Crippen LogP contribution in [-0.2, 0) is 5.41 Å². The second-order valence-electron chi connectivity index (χ2n) is 23.0. The molecule has 2 aromatic rings. The van der Waals surface area contributed by atoms with E-state index in [9.17, 15) is 10.2 Å². The SMILES string of the molecule is CCCCCCCCN(CC(O)COc1ccc(C(C)(C)c2ccc(OCC(O)CN(CCCCCCCC)C3CC(C)(C)NC(C)(C)C3)cc2)cc1)C1CC(C)(C)NC(C)(C)C1. The number of benzene rings is 2. The fourth-order valence-corrected chi connectivity index (χ4v) is 11.2. The number of hydrogen-bond donors (Lipinski definition) is 4. The first kappa shape index (κ1) is 53.4. The van der Waals surface area contributed by atoms with Crippen LogP contribution in [-0.4, -0.2) is 106 Å². The second kappa shape index (κ2) is 24.5. The summed E-state index contributed by atoms with van der Waals surface area (Å²) in [5.74, 6) is 1.56. The van der Waals surface area contributed by atoms with Crippen LogP contribution >= 0.6 is 0 Å². The first-order chi connectivity index (χ1) is 29.6. The number of nitrogens with one attached hydrogen (secondary N) is 2. The van der Waals surface area contributed by atoms with Gasteiger partial charge in [-0.05, 0) is 142 Å². The lowest BCUT2D eigenvalue weighted by Gasteiger charge is -2.50. The molecule has 2 atom stereocenters. The molecule has 2 aromatic carbocycles. The number of piperidine rings is 2. The molecule has 2 heterocycles. The second-order valence-corrected chi connectivity index (χ2v) is 23.0. The number of ether oxygens (including phenoxy) is 2. The molecule has 4 rings (SSSR count). The van der Waals surface area contributed by atoms with Crippen LogP contribution in [0.3, 0.4) is 0 Å². The molecule has 0 aliphatic carbocycles. The van der Waals surface area contributed by atoms with Crippen molar-refractivity contribution in [1.29, 1.82) is 0 Å². The molecule has 4 N–H and O–H groups in total. The zero-order chi connectivity index (χ0) is 46.3. The molecule has 2 fully saturated rings. The first-order valence-corrected chi connectivity index (χ1v) is 25.5. The maximum Gasteiger partial charge on any atom is 0.119 e. The maximum absolute atomic E-state index is 11.3. The molecule has 2 saturated heterocycles. The van der Waals surface area contributed by atoms with Crippen molar-refractivity contribution < 1.29 is 19.7 Å². The summed E-state index contributed by atoms with van der Waals surface area (Å²) in [4.78, 5) is 5.12. The van der Waals surface area contributed by atoms with E-state index in [0.717, 1.165) is 50.3 Å².